The summed E-state index contributed by atoms with van der Waals surface area (Å²) in [6.07, 6.45) is 0. The molecule has 3 aromatic carbocycles. The zero-order chi connectivity index (χ0) is 26.4. The molecule has 0 unspecified atom stereocenters. The standard InChI is InChI=1S/C27H19N3O6S2/c31-25-21-20(16-6-12-19(13-7-16)36-14-15-4-2-1-3-5-15)22-24(28-27(33)38-22)37-23(21)26(32)29(25)17-8-10-18(11-9-17)30(34)35/h1-13,20-21,23H,14H2,(H,28,33)/t20-,21-,23+/m0/s1. The molecule has 0 saturated carbocycles. The van der Waals surface area contributed by atoms with Crippen molar-refractivity contribution >= 4 is 46.3 Å². The predicted molar refractivity (Wildman–Crippen MR) is 143 cm³/mol. The smallest absolute Gasteiger partial charge is 0.305 e. The highest BCUT2D eigenvalue weighted by Crippen LogP contribution is 2.53. The van der Waals surface area contributed by atoms with E-state index in [1.807, 2.05) is 54.6 Å². The third-order valence-electron chi connectivity index (χ3n) is 6.63. The Morgan fingerprint density at radius 3 is 2.32 bits per heavy atom. The number of carbonyl (C=O) groups excluding carboxylic acids is 2. The Hall–Kier alpha value is -4.22. The minimum absolute atomic E-state index is 0.133. The molecule has 1 aromatic heterocycles. The van der Waals surface area contributed by atoms with Gasteiger partial charge in [-0.25, -0.2) is 4.90 Å². The summed E-state index contributed by atoms with van der Waals surface area (Å²) in [5.41, 5.74) is 1.97. The molecule has 3 atom stereocenters. The molecular weight excluding hydrogens is 526 g/mol. The first-order valence-corrected chi connectivity index (χ1v) is 13.4. The number of amides is 2. The molecule has 0 bridgehead atoms. The Balaban J connectivity index is 1.32. The van der Waals surface area contributed by atoms with E-state index in [1.54, 1.807) is 0 Å². The number of hydrogen-bond donors (Lipinski definition) is 1. The number of non-ortho nitro benzene ring substituents is 1. The number of anilines is 1. The van der Waals surface area contributed by atoms with Crippen LogP contribution in [0.4, 0.5) is 11.4 Å². The molecule has 6 rings (SSSR count). The van der Waals surface area contributed by atoms with Crippen LogP contribution in [0.5, 0.6) is 5.75 Å². The van der Waals surface area contributed by atoms with Gasteiger partial charge < -0.3 is 9.72 Å². The first-order valence-electron chi connectivity index (χ1n) is 11.7. The van der Waals surface area contributed by atoms with Gasteiger partial charge in [-0.2, -0.15) is 0 Å². The van der Waals surface area contributed by atoms with Crippen molar-refractivity contribution in [2.45, 2.75) is 22.8 Å². The summed E-state index contributed by atoms with van der Waals surface area (Å²) in [5, 5.41) is 10.9. The number of ether oxygens (including phenoxy) is 1. The van der Waals surface area contributed by atoms with E-state index in [9.17, 15) is 24.5 Å². The Bertz CT molecular complexity index is 1600. The number of benzene rings is 3. The van der Waals surface area contributed by atoms with Crippen LogP contribution >= 0.6 is 23.1 Å². The van der Waals surface area contributed by atoms with Crippen molar-refractivity contribution in [1.82, 2.24) is 4.98 Å². The number of aromatic nitrogens is 1. The first-order chi connectivity index (χ1) is 18.4. The topological polar surface area (TPSA) is 123 Å². The molecule has 3 heterocycles. The molecule has 0 aliphatic carbocycles. The number of rotatable bonds is 6. The van der Waals surface area contributed by atoms with E-state index in [4.69, 9.17) is 4.74 Å². The summed E-state index contributed by atoms with van der Waals surface area (Å²) in [7, 11) is 0. The van der Waals surface area contributed by atoms with Crippen LogP contribution in [0.1, 0.15) is 21.9 Å². The van der Waals surface area contributed by atoms with Crippen LogP contribution in [0.25, 0.3) is 0 Å². The summed E-state index contributed by atoms with van der Waals surface area (Å²) >= 11 is 2.22. The third kappa shape index (κ3) is 4.19. The number of thiazole rings is 1. The molecule has 0 radical (unpaired) electrons. The highest BCUT2D eigenvalue weighted by molar-refractivity contribution is 8.00. The average molecular weight is 546 g/mol. The molecule has 190 valence electrons. The number of H-pyrrole nitrogens is 1. The number of nitrogens with one attached hydrogen (secondary N) is 1. The van der Waals surface area contributed by atoms with Gasteiger partial charge in [-0.3, -0.25) is 24.5 Å². The number of fused-ring (bicyclic) bond motifs is 2. The van der Waals surface area contributed by atoms with E-state index in [0.29, 0.717) is 22.3 Å². The van der Waals surface area contributed by atoms with E-state index in [1.165, 1.54) is 36.0 Å². The van der Waals surface area contributed by atoms with Crippen molar-refractivity contribution in [2.75, 3.05) is 4.90 Å². The molecule has 0 spiro atoms. The zero-order valence-electron chi connectivity index (χ0n) is 19.6. The van der Waals surface area contributed by atoms with Gasteiger partial charge in [0.05, 0.1) is 21.6 Å². The minimum atomic E-state index is -0.741. The van der Waals surface area contributed by atoms with Gasteiger partial charge in [0.25, 0.3) is 5.69 Å². The van der Waals surface area contributed by atoms with E-state index >= 15 is 0 Å². The highest BCUT2D eigenvalue weighted by atomic mass is 32.2. The molecule has 1 saturated heterocycles. The van der Waals surface area contributed by atoms with Crippen LogP contribution in [0.3, 0.4) is 0 Å². The van der Waals surface area contributed by atoms with Crippen LogP contribution in [0.15, 0.2) is 88.7 Å². The van der Waals surface area contributed by atoms with Crippen molar-refractivity contribution in [3.05, 3.63) is 115 Å². The fraction of sp³-hybridized carbons (Fsp3) is 0.148. The lowest BCUT2D eigenvalue weighted by atomic mass is 9.83. The van der Waals surface area contributed by atoms with Gasteiger partial charge in [0.1, 0.15) is 17.6 Å². The Morgan fingerprint density at radius 2 is 1.63 bits per heavy atom. The maximum Gasteiger partial charge on any atom is 0.305 e. The first kappa shape index (κ1) is 24.1. The molecule has 2 amide bonds. The Labute approximate surface area is 224 Å². The number of nitro groups is 1. The third-order valence-corrected chi connectivity index (χ3v) is 9.03. The summed E-state index contributed by atoms with van der Waals surface area (Å²) in [6.45, 7) is 0.408. The molecule has 9 nitrogen and oxygen atoms in total. The van der Waals surface area contributed by atoms with Gasteiger partial charge >= 0.3 is 4.87 Å². The molecule has 2 aliphatic heterocycles. The van der Waals surface area contributed by atoms with Crippen LogP contribution in [-0.2, 0) is 16.2 Å². The molecule has 1 N–H and O–H groups in total. The fourth-order valence-electron chi connectivity index (χ4n) is 4.87. The second-order valence-corrected chi connectivity index (χ2v) is 11.0. The number of imide groups is 1. The van der Waals surface area contributed by atoms with Crippen LogP contribution in [-0.4, -0.2) is 27.0 Å². The zero-order valence-corrected chi connectivity index (χ0v) is 21.2. The molecule has 4 aromatic rings. The lowest BCUT2D eigenvalue weighted by Crippen LogP contribution is -2.32. The number of nitrogens with zero attached hydrogens (tertiary/aromatic N) is 2. The number of carbonyl (C=O) groups is 2. The normalized spacial score (nSPS) is 20.2. The number of hydrogen-bond acceptors (Lipinski definition) is 8. The van der Waals surface area contributed by atoms with Gasteiger partial charge in [0.15, 0.2) is 0 Å². The largest absolute Gasteiger partial charge is 0.489 e. The van der Waals surface area contributed by atoms with Gasteiger partial charge in [0, 0.05) is 22.9 Å². The van der Waals surface area contributed by atoms with Crippen LogP contribution in [0, 0.1) is 16.0 Å². The summed E-state index contributed by atoms with van der Waals surface area (Å²) in [5.74, 6) is -1.41. The monoisotopic (exact) mass is 545 g/mol. The average Bonchev–Trinajstić information content (AvgIpc) is 3.42. The quantitative estimate of drug-likeness (QED) is 0.211. The van der Waals surface area contributed by atoms with Crippen LogP contribution in [0.2, 0.25) is 0 Å². The van der Waals surface area contributed by atoms with Crippen molar-refractivity contribution < 1.29 is 19.2 Å². The second-order valence-electron chi connectivity index (χ2n) is 8.88. The van der Waals surface area contributed by atoms with E-state index in [-0.39, 0.29) is 16.2 Å². The highest BCUT2D eigenvalue weighted by Gasteiger charge is 2.56. The molecule has 2 aliphatic rings. The Kier molecular flexibility index (Phi) is 6.09. The van der Waals surface area contributed by atoms with Crippen molar-refractivity contribution in [1.29, 1.82) is 0 Å². The molecular formula is C27H19N3O6S2. The summed E-state index contributed by atoms with van der Waals surface area (Å²) in [4.78, 5) is 54.4. The molecule has 11 heteroatoms. The maximum absolute atomic E-state index is 13.7. The fourth-order valence-corrected chi connectivity index (χ4v) is 7.38. The van der Waals surface area contributed by atoms with Crippen molar-refractivity contribution in [3.63, 3.8) is 0 Å². The summed E-state index contributed by atoms with van der Waals surface area (Å²) in [6, 6.07) is 22.5. The van der Waals surface area contributed by atoms with E-state index < -0.39 is 33.8 Å². The number of aromatic amines is 1. The number of thioether (sulfide) groups is 1. The number of nitro benzene ring substituents is 1. The predicted octanol–water partition coefficient (Wildman–Crippen LogP) is 4.72. The van der Waals surface area contributed by atoms with Gasteiger partial charge in [0.2, 0.25) is 11.8 Å². The second kappa shape index (κ2) is 9.58. The minimum Gasteiger partial charge on any atom is -0.489 e. The van der Waals surface area contributed by atoms with Gasteiger partial charge in [-0.15, -0.1) is 0 Å². The van der Waals surface area contributed by atoms with Crippen molar-refractivity contribution in [3.8, 4) is 5.75 Å². The van der Waals surface area contributed by atoms with E-state index in [2.05, 4.69) is 4.98 Å². The van der Waals surface area contributed by atoms with Gasteiger partial charge in [-0.05, 0) is 35.4 Å². The van der Waals surface area contributed by atoms with E-state index in [0.717, 1.165) is 27.4 Å². The maximum atomic E-state index is 13.7. The Morgan fingerprint density at radius 1 is 0.921 bits per heavy atom. The lowest BCUT2D eigenvalue weighted by molar-refractivity contribution is -0.384. The van der Waals surface area contributed by atoms with Crippen LogP contribution < -0.4 is 14.5 Å². The molecule has 1 fully saturated rings. The SMILES string of the molecule is O=C1[C@H]2[C@H](c3ccc(OCc4ccccc4)cc3)c3sc(=O)[nH]c3S[C@H]2C(=O)N1c1ccc([N+](=O)[O-])cc1. The van der Waals surface area contributed by atoms with Gasteiger partial charge in [-0.1, -0.05) is 65.6 Å². The molecule has 38 heavy (non-hydrogen) atoms. The van der Waals surface area contributed by atoms with Crippen molar-refractivity contribution in [2.24, 2.45) is 5.92 Å². The summed E-state index contributed by atoms with van der Waals surface area (Å²) < 4.78 is 5.90. The lowest BCUT2D eigenvalue weighted by Gasteiger charge is -2.29.